The molecule has 0 saturated carbocycles. The Labute approximate surface area is 188 Å². The summed E-state index contributed by atoms with van der Waals surface area (Å²) in [5.41, 5.74) is 1.11. The quantitative estimate of drug-likeness (QED) is 0.338. The number of aliphatic imine (C=N–C) groups is 1. The largest absolute Gasteiger partial charge is 0.457 e. The first-order chi connectivity index (χ1) is 13.7. The average Bonchev–Trinajstić information content (AvgIpc) is 2.74. The minimum absolute atomic E-state index is 0. The lowest BCUT2D eigenvalue weighted by Crippen LogP contribution is -2.44. The number of nitrogens with zero attached hydrogens (tertiary/aromatic N) is 2. The van der Waals surface area contributed by atoms with E-state index in [1.807, 2.05) is 24.3 Å². The zero-order chi connectivity index (χ0) is 19.6. The van der Waals surface area contributed by atoms with E-state index in [2.05, 4.69) is 20.5 Å². The van der Waals surface area contributed by atoms with Crippen molar-refractivity contribution in [1.82, 2.24) is 15.5 Å². The predicted octanol–water partition coefficient (Wildman–Crippen LogP) is 3.23. The number of ether oxygens (including phenoxy) is 2. The van der Waals surface area contributed by atoms with Crippen LogP contribution in [-0.2, 0) is 11.3 Å². The lowest BCUT2D eigenvalue weighted by Gasteiger charge is -2.26. The Balaban J connectivity index is 0.00000300. The highest BCUT2D eigenvalue weighted by Gasteiger charge is 2.09. The Hall–Kier alpha value is -1.91. The number of hydrogen-bond donors (Lipinski definition) is 2. The van der Waals surface area contributed by atoms with E-state index in [1.165, 1.54) is 12.1 Å². The van der Waals surface area contributed by atoms with Crippen molar-refractivity contribution < 1.29 is 13.9 Å². The Morgan fingerprint density at radius 2 is 1.66 bits per heavy atom. The van der Waals surface area contributed by atoms with Crippen molar-refractivity contribution in [2.45, 2.75) is 6.54 Å². The van der Waals surface area contributed by atoms with Gasteiger partial charge in [-0.15, -0.1) is 24.0 Å². The van der Waals surface area contributed by atoms with Crippen LogP contribution in [0.15, 0.2) is 53.5 Å². The molecule has 1 aliphatic rings. The number of morpholine rings is 1. The zero-order valence-corrected chi connectivity index (χ0v) is 18.9. The van der Waals surface area contributed by atoms with E-state index in [-0.39, 0.29) is 29.8 Å². The van der Waals surface area contributed by atoms with Crippen LogP contribution in [0.4, 0.5) is 4.39 Å². The molecule has 0 radical (unpaired) electrons. The second kappa shape index (κ2) is 12.6. The second-order valence-corrected chi connectivity index (χ2v) is 6.51. The molecule has 1 fully saturated rings. The van der Waals surface area contributed by atoms with Gasteiger partial charge in [0.15, 0.2) is 5.96 Å². The molecule has 158 valence electrons. The van der Waals surface area contributed by atoms with Crippen molar-refractivity contribution in [3.05, 3.63) is 59.9 Å². The van der Waals surface area contributed by atoms with Gasteiger partial charge in [0.1, 0.15) is 17.3 Å². The lowest BCUT2D eigenvalue weighted by molar-refractivity contribution is 0.0389. The molecule has 8 heteroatoms. The number of nitrogens with one attached hydrogen (secondary N) is 2. The van der Waals surface area contributed by atoms with Gasteiger partial charge in [-0.25, -0.2) is 4.39 Å². The summed E-state index contributed by atoms with van der Waals surface area (Å²) in [6, 6.07) is 13.8. The van der Waals surface area contributed by atoms with Crippen LogP contribution in [0.1, 0.15) is 5.56 Å². The number of guanidine groups is 1. The summed E-state index contributed by atoms with van der Waals surface area (Å²) in [5, 5.41) is 6.65. The normalized spacial score (nSPS) is 14.8. The Kier molecular flexibility index (Phi) is 10.2. The molecule has 3 rings (SSSR count). The third-order valence-electron chi connectivity index (χ3n) is 4.48. The van der Waals surface area contributed by atoms with Crippen molar-refractivity contribution in [2.24, 2.45) is 4.99 Å². The molecule has 2 aromatic rings. The van der Waals surface area contributed by atoms with Crippen LogP contribution in [0.2, 0.25) is 0 Å². The van der Waals surface area contributed by atoms with Gasteiger partial charge in [0.25, 0.3) is 0 Å². The fourth-order valence-electron chi connectivity index (χ4n) is 2.88. The van der Waals surface area contributed by atoms with Gasteiger partial charge in [0, 0.05) is 39.8 Å². The van der Waals surface area contributed by atoms with Gasteiger partial charge in [0.05, 0.1) is 13.2 Å². The minimum Gasteiger partial charge on any atom is -0.457 e. The standard InChI is InChI=1S/C21H27FN4O2.HI/c1-23-21(24-10-11-26-12-14-27-15-13-26)25-16-17-2-6-19(7-3-17)28-20-8-4-18(22)5-9-20;/h2-9H,10-16H2,1H3,(H2,23,24,25);1H. The smallest absolute Gasteiger partial charge is 0.191 e. The fourth-order valence-corrected chi connectivity index (χ4v) is 2.88. The third kappa shape index (κ3) is 8.15. The maximum absolute atomic E-state index is 12.9. The van der Waals surface area contributed by atoms with Crippen molar-refractivity contribution >= 4 is 29.9 Å². The van der Waals surface area contributed by atoms with Gasteiger partial charge in [-0.2, -0.15) is 0 Å². The third-order valence-corrected chi connectivity index (χ3v) is 4.48. The van der Waals surface area contributed by atoms with Crippen LogP contribution in [0.5, 0.6) is 11.5 Å². The van der Waals surface area contributed by atoms with E-state index in [1.54, 1.807) is 19.2 Å². The highest BCUT2D eigenvalue weighted by atomic mass is 127. The van der Waals surface area contributed by atoms with Crippen LogP contribution >= 0.6 is 24.0 Å². The molecule has 0 spiro atoms. The highest BCUT2D eigenvalue weighted by Crippen LogP contribution is 2.21. The van der Waals surface area contributed by atoms with Crippen LogP contribution in [0, 0.1) is 5.82 Å². The van der Waals surface area contributed by atoms with E-state index in [4.69, 9.17) is 9.47 Å². The summed E-state index contributed by atoms with van der Waals surface area (Å²) < 4.78 is 24.0. The lowest BCUT2D eigenvalue weighted by atomic mass is 10.2. The van der Waals surface area contributed by atoms with E-state index < -0.39 is 0 Å². The van der Waals surface area contributed by atoms with Gasteiger partial charge in [-0.1, -0.05) is 12.1 Å². The first kappa shape index (κ1) is 23.4. The number of halogens is 2. The molecule has 0 aliphatic carbocycles. The summed E-state index contributed by atoms with van der Waals surface area (Å²) in [5.74, 6) is 1.82. The molecule has 2 N–H and O–H groups in total. The molecule has 1 heterocycles. The van der Waals surface area contributed by atoms with E-state index in [9.17, 15) is 4.39 Å². The molecule has 0 amide bonds. The SMILES string of the molecule is CN=C(NCCN1CCOCC1)NCc1ccc(Oc2ccc(F)cc2)cc1.I. The molecule has 0 atom stereocenters. The number of hydrogen-bond acceptors (Lipinski definition) is 4. The van der Waals surface area contributed by atoms with Crippen LogP contribution in [0.3, 0.4) is 0 Å². The van der Waals surface area contributed by atoms with Gasteiger partial charge in [0.2, 0.25) is 0 Å². The molecule has 0 unspecified atom stereocenters. The van der Waals surface area contributed by atoms with Gasteiger partial charge in [-0.05, 0) is 42.0 Å². The van der Waals surface area contributed by atoms with Crippen LogP contribution in [-0.4, -0.2) is 57.3 Å². The minimum atomic E-state index is -0.277. The Bertz CT molecular complexity index is 750. The van der Waals surface area contributed by atoms with Gasteiger partial charge in [-0.3, -0.25) is 9.89 Å². The van der Waals surface area contributed by atoms with Crippen LogP contribution in [0.25, 0.3) is 0 Å². The van der Waals surface area contributed by atoms with Gasteiger partial charge < -0.3 is 20.1 Å². The summed E-state index contributed by atoms with van der Waals surface area (Å²) in [7, 11) is 1.77. The Morgan fingerprint density at radius 3 is 2.28 bits per heavy atom. The molecule has 1 saturated heterocycles. The summed E-state index contributed by atoms with van der Waals surface area (Å²) in [6.07, 6.45) is 0. The molecule has 0 aromatic heterocycles. The predicted molar refractivity (Wildman–Crippen MR) is 124 cm³/mol. The maximum atomic E-state index is 12.9. The first-order valence-electron chi connectivity index (χ1n) is 9.50. The number of benzene rings is 2. The highest BCUT2D eigenvalue weighted by molar-refractivity contribution is 14.0. The second-order valence-electron chi connectivity index (χ2n) is 6.51. The molecule has 29 heavy (non-hydrogen) atoms. The maximum Gasteiger partial charge on any atom is 0.191 e. The molecule has 2 aromatic carbocycles. The molecule has 1 aliphatic heterocycles. The molecule has 6 nitrogen and oxygen atoms in total. The monoisotopic (exact) mass is 514 g/mol. The Morgan fingerprint density at radius 1 is 1.03 bits per heavy atom. The van der Waals surface area contributed by atoms with E-state index in [0.717, 1.165) is 50.9 Å². The molecular weight excluding hydrogens is 486 g/mol. The topological polar surface area (TPSA) is 58.1 Å². The van der Waals surface area contributed by atoms with Crippen molar-refractivity contribution in [3.8, 4) is 11.5 Å². The zero-order valence-electron chi connectivity index (χ0n) is 16.6. The molecule has 0 bridgehead atoms. The summed E-state index contributed by atoms with van der Waals surface area (Å²) >= 11 is 0. The average molecular weight is 514 g/mol. The fraction of sp³-hybridized carbons (Fsp3) is 0.381. The van der Waals surface area contributed by atoms with Gasteiger partial charge >= 0.3 is 0 Å². The summed E-state index contributed by atoms with van der Waals surface area (Å²) in [6.45, 7) is 6.07. The van der Waals surface area contributed by atoms with E-state index in [0.29, 0.717) is 18.0 Å². The van der Waals surface area contributed by atoms with E-state index >= 15 is 0 Å². The van der Waals surface area contributed by atoms with Crippen molar-refractivity contribution in [2.75, 3.05) is 46.4 Å². The van der Waals surface area contributed by atoms with Crippen LogP contribution < -0.4 is 15.4 Å². The summed E-state index contributed by atoms with van der Waals surface area (Å²) in [4.78, 5) is 6.64. The molecular formula is C21H28FIN4O2. The number of rotatable bonds is 7. The van der Waals surface area contributed by atoms with Crippen molar-refractivity contribution in [1.29, 1.82) is 0 Å². The first-order valence-corrected chi connectivity index (χ1v) is 9.50. The van der Waals surface area contributed by atoms with Crippen molar-refractivity contribution in [3.63, 3.8) is 0 Å².